The minimum Gasteiger partial charge on any atom is -0.341 e. The quantitative estimate of drug-likeness (QED) is 0.431. The number of tetrazole rings is 1. The van der Waals surface area contributed by atoms with E-state index in [0.29, 0.717) is 0 Å². The Kier molecular flexibility index (Phi) is 2.96. The van der Waals surface area contributed by atoms with E-state index >= 15 is 0 Å². The van der Waals surface area contributed by atoms with Gasteiger partial charge < -0.3 is 5.32 Å². The zero-order chi connectivity index (χ0) is 13.3. The van der Waals surface area contributed by atoms with Crippen LogP contribution in [0.25, 0.3) is 0 Å². The number of β-lactam (4-membered cyclic amide) rings is 1. The van der Waals surface area contributed by atoms with Gasteiger partial charge >= 0.3 is 10.3 Å². The largest absolute Gasteiger partial charge is 0.362 e. The van der Waals surface area contributed by atoms with Gasteiger partial charge in [-0.3, -0.25) is 14.1 Å². The molecule has 2 heterocycles. The highest BCUT2D eigenvalue weighted by Crippen LogP contribution is 2.13. The first kappa shape index (κ1) is 12.4. The van der Waals surface area contributed by atoms with Crippen LogP contribution in [0.1, 0.15) is 0 Å². The van der Waals surface area contributed by atoms with E-state index < -0.39 is 28.2 Å². The summed E-state index contributed by atoms with van der Waals surface area (Å²) in [5.41, 5.74) is 0. The Bertz CT molecular complexity index is 567. The molecule has 0 aliphatic carbocycles. The van der Waals surface area contributed by atoms with Gasteiger partial charge in [0.05, 0.1) is 6.54 Å². The van der Waals surface area contributed by atoms with Crippen LogP contribution in [-0.2, 0) is 26.4 Å². The lowest BCUT2D eigenvalue weighted by molar-refractivity contribution is -0.140. The van der Waals surface area contributed by atoms with Crippen LogP contribution in [0.2, 0.25) is 0 Å². The number of carbonyl (C=O) groups excluding carboxylic acids is 2. The molecular formula is C6H8N6O5S. The molecule has 12 heteroatoms. The normalized spacial score (nSPS) is 19.5. The summed E-state index contributed by atoms with van der Waals surface area (Å²) in [7, 11) is -4.54. The molecule has 0 bridgehead atoms. The fraction of sp³-hybridized carbons (Fsp3) is 0.500. The van der Waals surface area contributed by atoms with E-state index in [1.807, 2.05) is 0 Å². The number of rotatable bonds is 4. The summed E-state index contributed by atoms with van der Waals surface area (Å²) in [5.74, 6) is -1.46. The van der Waals surface area contributed by atoms with Gasteiger partial charge in [0.25, 0.3) is 5.91 Å². The molecule has 0 unspecified atom stereocenters. The van der Waals surface area contributed by atoms with Crippen LogP contribution >= 0.6 is 0 Å². The number of hydrogen-bond donors (Lipinski definition) is 2. The van der Waals surface area contributed by atoms with Crippen LogP contribution in [-0.4, -0.2) is 61.9 Å². The average molecular weight is 276 g/mol. The van der Waals surface area contributed by atoms with E-state index in [1.165, 1.54) is 0 Å². The first-order valence-electron chi connectivity index (χ1n) is 4.67. The van der Waals surface area contributed by atoms with Gasteiger partial charge in [0, 0.05) is 0 Å². The SMILES string of the molecule is O=C(Cn1ncnn1)N[C@H]1CN(S(=O)(=O)O)C1=O. The number of carbonyl (C=O) groups is 2. The third kappa shape index (κ3) is 2.43. The lowest BCUT2D eigenvalue weighted by Crippen LogP contribution is -2.65. The third-order valence-electron chi connectivity index (χ3n) is 2.18. The van der Waals surface area contributed by atoms with E-state index in [9.17, 15) is 18.0 Å². The van der Waals surface area contributed by atoms with Gasteiger partial charge in [-0.2, -0.15) is 13.2 Å². The van der Waals surface area contributed by atoms with Crippen LogP contribution in [0.5, 0.6) is 0 Å². The van der Waals surface area contributed by atoms with Crippen molar-refractivity contribution in [3.8, 4) is 0 Å². The predicted octanol–water partition coefficient (Wildman–Crippen LogP) is -3.20. The minimum absolute atomic E-state index is 0.240. The molecule has 11 nitrogen and oxygen atoms in total. The topological polar surface area (TPSA) is 147 Å². The summed E-state index contributed by atoms with van der Waals surface area (Å²) >= 11 is 0. The van der Waals surface area contributed by atoms with E-state index in [4.69, 9.17) is 4.55 Å². The molecule has 18 heavy (non-hydrogen) atoms. The molecule has 1 atom stereocenters. The molecule has 1 saturated heterocycles. The third-order valence-corrected chi connectivity index (χ3v) is 3.07. The molecule has 0 spiro atoms. The molecule has 0 saturated carbocycles. The van der Waals surface area contributed by atoms with Crippen molar-refractivity contribution >= 4 is 22.1 Å². The highest BCUT2D eigenvalue weighted by molar-refractivity contribution is 7.84. The lowest BCUT2D eigenvalue weighted by Gasteiger charge is -2.35. The van der Waals surface area contributed by atoms with Crippen LogP contribution in [0, 0.1) is 0 Å². The van der Waals surface area contributed by atoms with Gasteiger partial charge in [0.1, 0.15) is 12.6 Å². The van der Waals surface area contributed by atoms with Crippen molar-refractivity contribution in [2.24, 2.45) is 0 Å². The highest BCUT2D eigenvalue weighted by Gasteiger charge is 2.44. The van der Waals surface area contributed by atoms with Gasteiger partial charge in [-0.1, -0.05) is 0 Å². The summed E-state index contributed by atoms with van der Waals surface area (Å²) in [4.78, 5) is 23.7. The Morgan fingerprint density at radius 1 is 1.61 bits per heavy atom. The Morgan fingerprint density at radius 2 is 2.33 bits per heavy atom. The molecule has 2 N–H and O–H groups in total. The maximum atomic E-state index is 11.4. The van der Waals surface area contributed by atoms with Crippen LogP contribution in [0.3, 0.4) is 0 Å². The predicted molar refractivity (Wildman–Crippen MR) is 53.0 cm³/mol. The summed E-state index contributed by atoms with van der Waals surface area (Å²) in [6, 6.07) is -0.969. The summed E-state index contributed by atoms with van der Waals surface area (Å²) < 4.78 is 30.1. The maximum absolute atomic E-state index is 11.4. The van der Waals surface area contributed by atoms with E-state index in [0.717, 1.165) is 11.1 Å². The molecule has 2 amide bonds. The number of aromatic nitrogens is 4. The molecular weight excluding hydrogens is 268 g/mol. The van der Waals surface area contributed by atoms with Gasteiger partial charge in [-0.25, -0.2) is 4.31 Å². The fourth-order valence-electron chi connectivity index (χ4n) is 1.34. The molecule has 98 valence electrons. The fourth-order valence-corrected chi connectivity index (χ4v) is 2.03. The summed E-state index contributed by atoms with van der Waals surface area (Å²) in [6.45, 7) is -0.538. The van der Waals surface area contributed by atoms with Crippen molar-refractivity contribution in [2.45, 2.75) is 12.6 Å². The smallest absolute Gasteiger partial charge is 0.341 e. The average Bonchev–Trinajstić information content (AvgIpc) is 2.74. The molecule has 2 rings (SSSR count). The zero-order valence-corrected chi connectivity index (χ0v) is 9.61. The summed E-state index contributed by atoms with van der Waals surface area (Å²) in [5, 5.41) is 12.7. The molecule has 1 aliphatic heterocycles. The highest BCUT2D eigenvalue weighted by atomic mass is 32.2. The first-order valence-corrected chi connectivity index (χ1v) is 6.07. The number of amides is 2. The Balaban J connectivity index is 1.86. The van der Waals surface area contributed by atoms with Crippen molar-refractivity contribution < 1.29 is 22.6 Å². The monoisotopic (exact) mass is 276 g/mol. The Hall–Kier alpha value is -2.08. The molecule has 1 aliphatic rings. The standard InChI is InChI=1S/C6H8N6O5S/c13-5(2-12-8-3-7-10-12)9-4-1-11(6(4)14)18(15,16)17/h3-4H,1-2H2,(H,9,13)(H,15,16,17)/t4-/m0/s1. The lowest BCUT2D eigenvalue weighted by atomic mass is 10.1. The maximum Gasteiger partial charge on any atom is 0.362 e. The van der Waals surface area contributed by atoms with E-state index in [-0.39, 0.29) is 17.4 Å². The zero-order valence-electron chi connectivity index (χ0n) is 8.79. The van der Waals surface area contributed by atoms with Gasteiger partial charge in [-0.05, 0) is 5.21 Å². The molecule has 0 radical (unpaired) electrons. The van der Waals surface area contributed by atoms with Crippen LogP contribution in [0.4, 0.5) is 0 Å². The van der Waals surface area contributed by atoms with Crippen molar-refractivity contribution in [3.63, 3.8) is 0 Å². The van der Waals surface area contributed by atoms with Crippen molar-refractivity contribution in [1.29, 1.82) is 0 Å². The second kappa shape index (κ2) is 4.30. The molecule has 1 fully saturated rings. The Labute approximate surface area is 101 Å². The van der Waals surface area contributed by atoms with E-state index in [1.54, 1.807) is 0 Å². The van der Waals surface area contributed by atoms with Gasteiger partial charge in [0.2, 0.25) is 5.91 Å². The first-order chi connectivity index (χ1) is 8.38. The van der Waals surface area contributed by atoms with E-state index in [2.05, 4.69) is 20.7 Å². The van der Waals surface area contributed by atoms with Gasteiger partial charge in [0.15, 0.2) is 6.33 Å². The molecule has 1 aromatic heterocycles. The van der Waals surface area contributed by atoms with Crippen molar-refractivity contribution in [3.05, 3.63) is 6.33 Å². The van der Waals surface area contributed by atoms with Crippen LogP contribution in [0.15, 0.2) is 6.33 Å². The van der Waals surface area contributed by atoms with Crippen LogP contribution < -0.4 is 5.32 Å². The second-order valence-electron chi connectivity index (χ2n) is 3.43. The minimum atomic E-state index is -4.54. The second-order valence-corrected chi connectivity index (χ2v) is 4.77. The summed E-state index contributed by atoms with van der Waals surface area (Å²) in [6.07, 6.45) is 1.14. The van der Waals surface area contributed by atoms with Crippen molar-refractivity contribution in [1.82, 2.24) is 29.8 Å². The molecule has 1 aromatic rings. The molecule has 0 aromatic carbocycles. The number of nitrogens with one attached hydrogen (secondary N) is 1. The number of nitrogens with zero attached hydrogens (tertiary/aromatic N) is 5. The van der Waals surface area contributed by atoms with Crippen molar-refractivity contribution in [2.75, 3.05) is 6.54 Å². The Morgan fingerprint density at radius 3 is 2.83 bits per heavy atom. The van der Waals surface area contributed by atoms with Gasteiger partial charge in [-0.15, -0.1) is 10.2 Å². The number of hydrogen-bond acceptors (Lipinski definition) is 7.